The lowest BCUT2D eigenvalue weighted by Crippen LogP contribution is -2.12. The van der Waals surface area contributed by atoms with Gasteiger partial charge in [0.05, 0.1) is 5.69 Å². The largest absolute Gasteiger partial charge is 0.363 e. The molecule has 0 unspecified atom stereocenters. The lowest BCUT2D eigenvalue weighted by Gasteiger charge is -2.05. The second-order valence-electron chi connectivity index (χ2n) is 3.73. The van der Waals surface area contributed by atoms with Gasteiger partial charge in [-0.15, -0.1) is 0 Å². The van der Waals surface area contributed by atoms with E-state index in [0.717, 1.165) is 5.69 Å². The molecule has 0 aliphatic heterocycles. The van der Waals surface area contributed by atoms with Crippen LogP contribution in [0.5, 0.6) is 0 Å². The summed E-state index contributed by atoms with van der Waals surface area (Å²) in [4.78, 5) is 6.94. The van der Waals surface area contributed by atoms with E-state index in [1.54, 1.807) is 25.2 Å². The van der Waals surface area contributed by atoms with Crippen molar-refractivity contribution in [3.63, 3.8) is 0 Å². The lowest BCUT2D eigenvalue weighted by atomic mass is 10.4. The normalized spacial score (nSPS) is 11.4. The number of pyridine rings is 1. The van der Waals surface area contributed by atoms with Crippen LogP contribution in [0.4, 0.5) is 5.69 Å². The molecule has 0 radical (unpaired) electrons. The summed E-state index contributed by atoms with van der Waals surface area (Å²) in [5.74, 6) is 0. The van der Waals surface area contributed by atoms with Crippen LogP contribution in [0.2, 0.25) is 0 Å². The Kier molecular flexibility index (Phi) is 3.63. The highest BCUT2D eigenvalue weighted by Gasteiger charge is 2.15. The smallest absolute Gasteiger partial charge is 0.263 e. The number of nitrogens with one attached hydrogen (secondary N) is 3. The standard InChI is InChI=1S/C11H14N4O2S/c1-12-7-10-6-11(8-14-10)18(16,17)15-9-2-4-13-5-3-9/h2-6,8,12,14H,7H2,1H3,(H,13,15). The average Bonchev–Trinajstić information content (AvgIpc) is 2.80. The fourth-order valence-electron chi connectivity index (χ4n) is 1.50. The molecule has 18 heavy (non-hydrogen) atoms. The first-order valence-corrected chi connectivity index (χ1v) is 6.85. The van der Waals surface area contributed by atoms with Gasteiger partial charge in [-0.05, 0) is 25.2 Å². The molecular formula is C11H14N4O2S. The molecule has 2 aromatic heterocycles. The molecule has 0 amide bonds. The number of anilines is 1. The maximum Gasteiger partial charge on any atom is 0.263 e. The van der Waals surface area contributed by atoms with Gasteiger partial charge in [0.2, 0.25) is 0 Å². The van der Waals surface area contributed by atoms with Crippen molar-refractivity contribution in [3.8, 4) is 0 Å². The van der Waals surface area contributed by atoms with Crippen molar-refractivity contribution in [2.45, 2.75) is 11.4 Å². The first-order valence-electron chi connectivity index (χ1n) is 5.36. The molecule has 0 saturated heterocycles. The van der Waals surface area contributed by atoms with E-state index in [0.29, 0.717) is 12.2 Å². The molecule has 6 nitrogen and oxygen atoms in total. The van der Waals surface area contributed by atoms with Gasteiger partial charge < -0.3 is 10.3 Å². The molecule has 2 aromatic rings. The third kappa shape index (κ3) is 2.88. The molecule has 0 atom stereocenters. The van der Waals surface area contributed by atoms with E-state index in [-0.39, 0.29) is 4.90 Å². The average molecular weight is 266 g/mol. The van der Waals surface area contributed by atoms with Gasteiger partial charge in [0.1, 0.15) is 4.90 Å². The van der Waals surface area contributed by atoms with Gasteiger partial charge in [-0.1, -0.05) is 0 Å². The molecular weight excluding hydrogens is 252 g/mol. The highest BCUT2D eigenvalue weighted by molar-refractivity contribution is 7.92. The second kappa shape index (κ2) is 5.19. The van der Waals surface area contributed by atoms with Gasteiger partial charge >= 0.3 is 0 Å². The maximum absolute atomic E-state index is 12.0. The molecule has 0 aromatic carbocycles. The van der Waals surface area contributed by atoms with Gasteiger partial charge in [-0.2, -0.15) is 0 Å². The number of nitrogens with zero attached hydrogens (tertiary/aromatic N) is 1. The minimum atomic E-state index is -3.55. The van der Waals surface area contributed by atoms with Crippen LogP contribution in [0.1, 0.15) is 5.69 Å². The molecule has 2 rings (SSSR count). The summed E-state index contributed by atoms with van der Waals surface area (Å²) < 4.78 is 26.6. The fourth-order valence-corrected chi connectivity index (χ4v) is 2.58. The Morgan fingerprint density at radius 3 is 2.72 bits per heavy atom. The molecule has 3 N–H and O–H groups in total. The Morgan fingerprint density at radius 1 is 1.33 bits per heavy atom. The monoisotopic (exact) mass is 266 g/mol. The number of aromatic amines is 1. The number of aromatic nitrogens is 2. The quantitative estimate of drug-likeness (QED) is 0.751. The highest BCUT2D eigenvalue weighted by atomic mass is 32.2. The number of rotatable bonds is 5. The summed E-state index contributed by atoms with van der Waals surface area (Å²) >= 11 is 0. The van der Waals surface area contributed by atoms with E-state index in [1.165, 1.54) is 18.6 Å². The number of hydrogen-bond acceptors (Lipinski definition) is 4. The Labute approximate surface area is 106 Å². The predicted octanol–water partition coefficient (Wildman–Crippen LogP) is 0.930. The molecule has 0 bridgehead atoms. The van der Waals surface area contributed by atoms with Crippen molar-refractivity contribution in [2.75, 3.05) is 11.8 Å². The lowest BCUT2D eigenvalue weighted by molar-refractivity contribution is 0.601. The summed E-state index contributed by atoms with van der Waals surface area (Å²) in [6.07, 6.45) is 4.53. The van der Waals surface area contributed by atoms with E-state index >= 15 is 0 Å². The second-order valence-corrected chi connectivity index (χ2v) is 5.41. The number of hydrogen-bond donors (Lipinski definition) is 3. The van der Waals surface area contributed by atoms with Crippen LogP contribution >= 0.6 is 0 Å². The molecule has 0 aliphatic rings. The van der Waals surface area contributed by atoms with Crippen molar-refractivity contribution < 1.29 is 8.42 Å². The van der Waals surface area contributed by atoms with Crippen LogP contribution in [0.15, 0.2) is 41.7 Å². The van der Waals surface area contributed by atoms with Crippen LogP contribution in [0.3, 0.4) is 0 Å². The van der Waals surface area contributed by atoms with E-state index in [2.05, 4.69) is 20.0 Å². The first-order chi connectivity index (χ1) is 8.62. The van der Waals surface area contributed by atoms with Crippen LogP contribution in [-0.4, -0.2) is 25.4 Å². The zero-order chi connectivity index (χ0) is 13.0. The molecule has 0 fully saturated rings. The van der Waals surface area contributed by atoms with Crippen molar-refractivity contribution in [1.82, 2.24) is 15.3 Å². The van der Waals surface area contributed by atoms with Crippen LogP contribution in [0.25, 0.3) is 0 Å². The van der Waals surface area contributed by atoms with Crippen LogP contribution < -0.4 is 10.0 Å². The minimum absolute atomic E-state index is 0.213. The minimum Gasteiger partial charge on any atom is -0.363 e. The van der Waals surface area contributed by atoms with Crippen molar-refractivity contribution in [2.24, 2.45) is 0 Å². The van der Waals surface area contributed by atoms with Gasteiger partial charge in [-0.3, -0.25) is 9.71 Å². The SMILES string of the molecule is CNCc1cc(S(=O)(=O)Nc2ccncc2)c[nH]1. The summed E-state index contributed by atoms with van der Waals surface area (Å²) in [5, 5.41) is 2.94. The molecule has 96 valence electrons. The maximum atomic E-state index is 12.0. The highest BCUT2D eigenvalue weighted by Crippen LogP contribution is 2.15. The molecule has 0 spiro atoms. The van der Waals surface area contributed by atoms with Gasteiger partial charge in [-0.25, -0.2) is 8.42 Å². The van der Waals surface area contributed by atoms with Crippen molar-refractivity contribution in [1.29, 1.82) is 0 Å². The summed E-state index contributed by atoms with van der Waals surface area (Å²) in [6, 6.07) is 4.79. The van der Waals surface area contributed by atoms with E-state index in [9.17, 15) is 8.42 Å². The fraction of sp³-hybridized carbons (Fsp3) is 0.182. The number of sulfonamides is 1. The van der Waals surface area contributed by atoms with Gasteiger partial charge in [0.25, 0.3) is 10.0 Å². The summed E-state index contributed by atoms with van der Waals surface area (Å²) in [6.45, 7) is 0.588. The Morgan fingerprint density at radius 2 is 2.06 bits per heavy atom. The molecule has 7 heteroatoms. The Hall–Kier alpha value is -1.86. The molecule has 0 aliphatic carbocycles. The van der Waals surface area contributed by atoms with E-state index in [4.69, 9.17) is 0 Å². The topological polar surface area (TPSA) is 86.9 Å². The van der Waals surface area contributed by atoms with Gasteiger partial charge in [0.15, 0.2) is 0 Å². The van der Waals surface area contributed by atoms with Gasteiger partial charge in [0, 0.05) is 30.8 Å². The Balaban J connectivity index is 2.20. The van der Waals surface area contributed by atoms with E-state index < -0.39 is 10.0 Å². The summed E-state index contributed by atoms with van der Waals surface area (Å²) in [7, 11) is -1.75. The first kappa shape index (κ1) is 12.6. The zero-order valence-corrected chi connectivity index (χ0v) is 10.7. The Bertz CT molecular complexity index is 607. The third-order valence-electron chi connectivity index (χ3n) is 2.33. The van der Waals surface area contributed by atoms with Crippen molar-refractivity contribution in [3.05, 3.63) is 42.5 Å². The molecule has 2 heterocycles. The molecule has 0 saturated carbocycles. The van der Waals surface area contributed by atoms with Crippen molar-refractivity contribution >= 4 is 15.7 Å². The van der Waals surface area contributed by atoms with Crippen LogP contribution in [0, 0.1) is 0 Å². The third-order valence-corrected chi connectivity index (χ3v) is 3.69. The summed E-state index contributed by atoms with van der Waals surface area (Å²) in [5.41, 5.74) is 1.30. The zero-order valence-electron chi connectivity index (χ0n) is 9.84. The number of H-pyrrole nitrogens is 1. The van der Waals surface area contributed by atoms with E-state index in [1.807, 2.05) is 0 Å². The predicted molar refractivity (Wildman–Crippen MR) is 68.6 cm³/mol. The van der Waals surface area contributed by atoms with Crippen LogP contribution in [-0.2, 0) is 16.6 Å².